The zero-order chi connectivity index (χ0) is 12.3. The van der Waals surface area contributed by atoms with Crippen LogP contribution in [-0.2, 0) is 0 Å². The normalized spacial score (nSPS) is 17.9. The molecule has 92 valence electrons. The number of nitrogens with one attached hydrogen (secondary N) is 1. The van der Waals surface area contributed by atoms with Gasteiger partial charge in [-0.1, -0.05) is 12.8 Å². The molecule has 0 spiro atoms. The Labute approximate surface area is 98.8 Å². The average molecular weight is 237 g/mol. The fourth-order valence-corrected chi connectivity index (χ4v) is 2.30. The first kappa shape index (κ1) is 11.8. The van der Waals surface area contributed by atoms with Crippen LogP contribution < -0.4 is 5.32 Å². The minimum Gasteiger partial charge on any atom is -0.394 e. The smallest absolute Gasteiger partial charge is 0.386 e. The summed E-state index contributed by atoms with van der Waals surface area (Å²) in [5.41, 5.74) is -0.0400. The highest BCUT2D eigenvalue weighted by Gasteiger charge is 2.34. The van der Waals surface area contributed by atoms with Crippen molar-refractivity contribution in [3.8, 4) is 0 Å². The predicted molar refractivity (Wildman–Crippen MR) is 62.8 cm³/mol. The van der Waals surface area contributed by atoms with Crippen LogP contribution >= 0.6 is 0 Å². The number of nitrogens with zero attached hydrogens (tertiary/aromatic N) is 2. The molecule has 6 nitrogen and oxygen atoms in total. The number of aliphatic hydroxyl groups is 1. The molecule has 2 rings (SSSR count). The Morgan fingerprint density at radius 1 is 1.53 bits per heavy atom. The molecule has 1 aromatic rings. The number of hydrogen-bond acceptors (Lipinski definition) is 5. The van der Waals surface area contributed by atoms with Gasteiger partial charge >= 0.3 is 5.82 Å². The summed E-state index contributed by atoms with van der Waals surface area (Å²) in [5, 5.41) is 23.4. The first-order valence-electron chi connectivity index (χ1n) is 5.65. The number of pyridine rings is 1. The second-order valence-electron chi connectivity index (χ2n) is 4.40. The maximum atomic E-state index is 10.8. The van der Waals surface area contributed by atoms with Crippen molar-refractivity contribution in [3.63, 3.8) is 0 Å². The Morgan fingerprint density at radius 3 is 2.82 bits per heavy atom. The first-order chi connectivity index (χ1) is 8.17. The number of nitro groups is 1. The summed E-state index contributed by atoms with van der Waals surface area (Å²) in [6.07, 6.45) is 5.11. The van der Waals surface area contributed by atoms with E-state index in [0.717, 1.165) is 25.7 Å². The molecular formula is C11H15N3O3. The standard InChI is InChI=1S/C11H15N3O3/c15-8-11(5-1-2-6-11)13-9-4-3-7-12-10(9)14(16)17/h3-4,7,13,15H,1-2,5-6,8H2. The number of hydrogen-bond donors (Lipinski definition) is 2. The lowest BCUT2D eigenvalue weighted by molar-refractivity contribution is -0.388. The second-order valence-corrected chi connectivity index (χ2v) is 4.40. The van der Waals surface area contributed by atoms with E-state index in [1.165, 1.54) is 6.20 Å². The third-order valence-electron chi connectivity index (χ3n) is 3.22. The van der Waals surface area contributed by atoms with E-state index in [4.69, 9.17) is 0 Å². The summed E-state index contributed by atoms with van der Waals surface area (Å²) in [5.74, 6) is -0.188. The first-order valence-corrected chi connectivity index (χ1v) is 5.65. The van der Waals surface area contributed by atoms with E-state index in [0.29, 0.717) is 5.69 Å². The second kappa shape index (κ2) is 4.67. The number of anilines is 1. The van der Waals surface area contributed by atoms with Crippen molar-refractivity contribution in [2.75, 3.05) is 11.9 Å². The van der Waals surface area contributed by atoms with E-state index in [-0.39, 0.29) is 12.4 Å². The van der Waals surface area contributed by atoms with Crippen LogP contribution in [0.2, 0.25) is 0 Å². The van der Waals surface area contributed by atoms with Crippen LogP contribution in [0.3, 0.4) is 0 Å². The summed E-state index contributed by atoms with van der Waals surface area (Å²) >= 11 is 0. The van der Waals surface area contributed by atoms with E-state index in [9.17, 15) is 15.2 Å². The van der Waals surface area contributed by atoms with Crippen molar-refractivity contribution < 1.29 is 10.0 Å². The SMILES string of the molecule is O=[N+]([O-])c1ncccc1NC1(CO)CCCC1. The Balaban J connectivity index is 2.26. The number of aromatic nitrogens is 1. The molecule has 0 saturated heterocycles. The molecule has 0 bridgehead atoms. The van der Waals surface area contributed by atoms with Gasteiger partial charge in [0.1, 0.15) is 11.9 Å². The summed E-state index contributed by atoms with van der Waals surface area (Å²) in [6, 6.07) is 3.27. The molecule has 1 heterocycles. The monoisotopic (exact) mass is 237 g/mol. The third kappa shape index (κ3) is 2.36. The molecular weight excluding hydrogens is 222 g/mol. The molecule has 1 aliphatic rings. The van der Waals surface area contributed by atoms with E-state index < -0.39 is 10.5 Å². The van der Waals surface area contributed by atoms with Gasteiger partial charge in [0.25, 0.3) is 0 Å². The van der Waals surface area contributed by atoms with E-state index in [1.807, 2.05) is 0 Å². The molecule has 1 aromatic heterocycles. The van der Waals surface area contributed by atoms with Crippen molar-refractivity contribution >= 4 is 11.5 Å². The highest BCUT2D eigenvalue weighted by atomic mass is 16.6. The Morgan fingerprint density at radius 2 is 2.24 bits per heavy atom. The van der Waals surface area contributed by atoms with Gasteiger partial charge in [0, 0.05) is 0 Å². The fourth-order valence-electron chi connectivity index (χ4n) is 2.30. The van der Waals surface area contributed by atoms with Crippen LogP contribution in [0.4, 0.5) is 11.5 Å². The van der Waals surface area contributed by atoms with Crippen molar-refractivity contribution in [2.24, 2.45) is 0 Å². The molecule has 0 aliphatic heterocycles. The van der Waals surface area contributed by atoms with Crippen molar-refractivity contribution in [3.05, 3.63) is 28.4 Å². The lowest BCUT2D eigenvalue weighted by Gasteiger charge is -2.28. The van der Waals surface area contributed by atoms with Crippen molar-refractivity contribution in [1.82, 2.24) is 4.98 Å². The van der Waals surface area contributed by atoms with Crippen LogP contribution in [0.15, 0.2) is 18.3 Å². The summed E-state index contributed by atoms with van der Waals surface area (Å²) in [6.45, 7) is -0.0148. The molecule has 17 heavy (non-hydrogen) atoms. The topological polar surface area (TPSA) is 88.3 Å². The van der Waals surface area contributed by atoms with Gasteiger partial charge in [0.2, 0.25) is 0 Å². The summed E-state index contributed by atoms with van der Waals surface area (Å²) in [4.78, 5) is 14.1. The Hall–Kier alpha value is -1.69. The predicted octanol–water partition coefficient (Wildman–Crippen LogP) is 1.71. The van der Waals surface area contributed by atoms with Gasteiger partial charge in [-0.2, -0.15) is 0 Å². The Kier molecular flexibility index (Phi) is 3.23. The minimum atomic E-state index is -0.512. The molecule has 0 atom stereocenters. The molecule has 2 N–H and O–H groups in total. The zero-order valence-electron chi connectivity index (χ0n) is 9.43. The maximum Gasteiger partial charge on any atom is 0.386 e. The van der Waals surface area contributed by atoms with E-state index in [2.05, 4.69) is 10.3 Å². The van der Waals surface area contributed by atoms with Gasteiger partial charge in [-0.15, -0.1) is 0 Å². The van der Waals surface area contributed by atoms with Crippen LogP contribution in [-0.4, -0.2) is 27.2 Å². The van der Waals surface area contributed by atoms with Gasteiger partial charge in [-0.3, -0.25) is 0 Å². The summed E-state index contributed by atoms with van der Waals surface area (Å²) in [7, 11) is 0. The number of aliphatic hydroxyl groups excluding tert-OH is 1. The third-order valence-corrected chi connectivity index (χ3v) is 3.22. The molecule has 0 unspecified atom stereocenters. The number of rotatable bonds is 4. The highest BCUT2D eigenvalue weighted by molar-refractivity contribution is 5.58. The minimum absolute atomic E-state index is 0.0148. The molecule has 0 amide bonds. The summed E-state index contributed by atoms with van der Waals surface area (Å²) < 4.78 is 0. The maximum absolute atomic E-state index is 10.8. The van der Waals surface area contributed by atoms with Crippen molar-refractivity contribution in [2.45, 2.75) is 31.2 Å². The Bertz CT molecular complexity index is 416. The van der Waals surface area contributed by atoms with Crippen LogP contribution in [0.1, 0.15) is 25.7 Å². The molecule has 6 heteroatoms. The highest BCUT2D eigenvalue weighted by Crippen LogP contribution is 2.34. The lowest BCUT2D eigenvalue weighted by Crippen LogP contribution is -2.39. The average Bonchev–Trinajstić information content (AvgIpc) is 2.79. The van der Waals surface area contributed by atoms with Crippen LogP contribution in [0, 0.1) is 10.1 Å². The van der Waals surface area contributed by atoms with Gasteiger partial charge in [0.05, 0.1) is 12.1 Å². The van der Waals surface area contributed by atoms with Crippen molar-refractivity contribution in [1.29, 1.82) is 0 Å². The fraction of sp³-hybridized carbons (Fsp3) is 0.545. The van der Waals surface area contributed by atoms with Gasteiger partial charge in [0.15, 0.2) is 0 Å². The van der Waals surface area contributed by atoms with E-state index >= 15 is 0 Å². The lowest BCUT2D eigenvalue weighted by atomic mass is 9.98. The molecule has 1 saturated carbocycles. The van der Waals surface area contributed by atoms with Gasteiger partial charge in [-0.25, -0.2) is 0 Å². The van der Waals surface area contributed by atoms with Gasteiger partial charge in [-0.05, 0) is 34.9 Å². The zero-order valence-corrected chi connectivity index (χ0v) is 9.43. The van der Waals surface area contributed by atoms with Crippen LogP contribution in [0.25, 0.3) is 0 Å². The molecule has 1 aliphatic carbocycles. The quantitative estimate of drug-likeness (QED) is 0.614. The molecule has 1 fully saturated rings. The molecule has 0 radical (unpaired) electrons. The largest absolute Gasteiger partial charge is 0.394 e. The van der Waals surface area contributed by atoms with E-state index in [1.54, 1.807) is 12.1 Å². The van der Waals surface area contributed by atoms with Crippen LogP contribution in [0.5, 0.6) is 0 Å². The molecule has 0 aromatic carbocycles. The van der Waals surface area contributed by atoms with Gasteiger partial charge < -0.3 is 20.5 Å².